The van der Waals surface area contributed by atoms with E-state index < -0.39 is 0 Å². The summed E-state index contributed by atoms with van der Waals surface area (Å²) >= 11 is 0. The van der Waals surface area contributed by atoms with Crippen LogP contribution in [0.1, 0.15) is 72.7 Å². The Bertz CT molecular complexity index is 1220. The highest BCUT2D eigenvalue weighted by Gasteiger charge is 2.30. The van der Waals surface area contributed by atoms with Crippen LogP contribution >= 0.6 is 0 Å². The molecule has 0 radical (unpaired) electrons. The fourth-order valence-electron chi connectivity index (χ4n) is 5.72. The maximum absolute atomic E-state index is 13.8. The quantitative estimate of drug-likeness (QED) is 0.460. The highest BCUT2D eigenvalue weighted by Crippen LogP contribution is 2.34. The van der Waals surface area contributed by atoms with Crippen molar-refractivity contribution in [2.45, 2.75) is 64.1 Å². The van der Waals surface area contributed by atoms with Crippen LogP contribution in [0, 0.1) is 5.92 Å². The molecule has 8 heteroatoms. The molecule has 1 saturated heterocycles. The third kappa shape index (κ3) is 4.88. The summed E-state index contributed by atoms with van der Waals surface area (Å²) in [7, 11) is 1.87. The van der Waals surface area contributed by atoms with Gasteiger partial charge < -0.3 is 14.8 Å². The van der Waals surface area contributed by atoms with Crippen molar-refractivity contribution >= 4 is 28.5 Å². The molecule has 8 nitrogen and oxygen atoms in total. The summed E-state index contributed by atoms with van der Waals surface area (Å²) in [5.41, 5.74) is 9.93. The van der Waals surface area contributed by atoms with E-state index in [1.54, 1.807) is 17.0 Å². The van der Waals surface area contributed by atoms with Crippen molar-refractivity contribution in [3.05, 3.63) is 59.9 Å². The van der Waals surface area contributed by atoms with Crippen LogP contribution in [0.4, 0.5) is 5.69 Å². The maximum Gasteiger partial charge on any atom is 0.255 e. The molecule has 3 aromatic rings. The van der Waals surface area contributed by atoms with Crippen molar-refractivity contribution in [3.63, 3.8) is 0 Å². The molecular formula is C28H36N6O2. The number of hydrogen-bond acceptors (Lipinski definition) is 5. The van der Waals surface area contributed by atoms with Crippen LogP contribution in [0.15, 0.2) is 48.8 Å². The summed E-state index contributed by atoms with van der Waals surface area (Å²) in [5.74, 6) is 0.191. The molecule has 2 heterocycles. The molecule has 1 aliphatic heterocycles. The molecule has 2 aliphatic rings. The Morgan fingerprint density at radius 1 is 1.08 bits per heavy atom. The predicted molar refractivity (Wildman–Crippen MR) is 142 cm³/mol. The number of hydrogen-bond donors (Lipinski definition) is 3. The fraction of sp³-hybridized carbons (Fsp3) is 0.464. The van der Waals surface area contributed by atoms with E-state index in [1.165, 1.54) is 12.8 Å². The first kappa shape index (κ1) is 24.5. The van der Waals surface area contributed by atoms with E-state index in [2.05, 4.69) is 39.6 Å². The standard InChI is InChI=1S/C28H36N6O2/c1-18-23(19(2)32-31-18)13-14-33(3)28(36)24-15-21(30-27(35)20-9-5-4-6-10-20)16-25-26(24)34(17-29-25)22-11-7-8-12-22/h4-6,9-10,15-19,22-23,31-32H,7-8,11-14H2,1-3H3,(H,30,35). The molecule has 3 N–H and O–H groups in total. The SMILES string of the molecule is CC1NNC(C)C1CCN(C)C(=O)c1cc(NC(=O)c2ccccc2)cc2ncn(C3CCCC3)c12. The summed E-state index contributed by atoms with van der Waals surface area (Å²) < 4.78 is 2.18. The third-order valence-corrected chi connectivity index (χ3v) is 7.88. The van der Waals surface area contributed by atoms with Gasteiger partial charge in [-0.15, -0.1) is 0 Å². The van der Waals surface area contributed by atoms with Gasteiger partial charge in [-0.1, -0.05) is 31.0 Å². The minimum Gasteiger partial charge on any atom is -0.342 e. The van der Waals surface area contributed by atoms with Gasteiger partial charge in [-0.05, 0) is 63.3 Å². The van der Waals surface area contributed by atoms with E-state index in [4.69, 9.17) is 0 Å². The number of benzene rings is 2. The summed E-state index contributed by atoms with van der Waals surface area (Å²) in [4.78, 5) is 33.2. The molecular weight excluding hydrogens is 452 g/mol. The lowest BCUT2D eigenvalue weighted by molar-refractivity contribution is 0.0786. The van der Waals surface area contributed by atoms with E-state index in [0.29, 0.717) is 47.4 Å². The summed E-state index contributed by atoms with van der Waals surface area (Å²) in [6, 6.07) is 13.9. The Morgan fingerprint density at radius 3 is 2.47 bits per heavy atom. The van der Waals surface area contributed by atoms with Gasteiger partial charge in [0.25, 0.3) is 11.8 Å². The molecule has 5 rings (SSSR count). The van der Waals surface area contributed by atoms with Crippen LogP contribution in [0.5, 0.6) is 0 Å². The van der Waals surface area contributed by atoms with E-state index in [1.807, 2.05) is 43.7 Å². The molecule has 2 aromatic carbocycles. The number of rotatable bonds is 7. The molecule has 2 fully saturated rings. The first-order valence-electron chi connectivity index (χ1n) is 13.1. The van der Waals surface area contributed by atoms with Gasteiger partial charge in [0, 0.05) is 43.0 Å². The van der Waals surface area contributed by atoms with E-state index >= 15 is 0 Å². The summed E-state index contributed by atoms with van der Waals surface area (Å²) in [5, 5.41) is 2.98. The van der Waals surface area contributed by atoms with Gasteiger partial charge in [-0.3, -0.25) is 20.4 Å². The Morgan fingerprint density at radius 2 is 1.78 bits per heavy atom. The zero-order valence-electron chi connectivity index (χ0n) is 21.3. The second-order valence-electron chi connectivity index (χ2n) is 10.3. The second-order valence-corrected chi connectivity index (χ2v) is 10.3. The third-order valence-electron chi connectivity index (χ3n) is 7.88. The van der Waals surface area contributed by atoms with E-state index in [0.717, 1.165) is 30.3 Å². The fourth-order valence-corrected chi connectivity index (χ4v) is 5.72. The number of amides is 2. The normalized spacial score (nSPS) is 22.2. The second kappa shape index (κ2) is 10.4. The number of hydrazine groups is 1. The van der Waals surface area contributed by atoms with Crippen LogP contribution in [-0.4, -0.2) is 51.9 Å². The number of nitrogens with one attached hydrogen (secondary N) is 3. The van der Waals surface area contributed by atoms with Gasteiger partial charge in [-0.25, -0.2) is 4.98 Å². The maximum atomic E-state index is 13.8. The number of carbonyl (C=O) groups is 2. The van der Waals surface area contributed by atoms with Crippen molar-refractivity contribution in [3.8, 4) is 0 Å². The highest BCUT2D eigenvalue weighted by molar-refractivity contribution is 6.09. The first-order valence-corrected chi connectivity index (χ1v) is 13.1. The molecule has 36 heavy (non-hydrogen) atoms. The van der Waals surface area contributed by atoms with Gasteiger partial charge in [0.15, 0.2) is 0 Å². The highest BCUT2D eigenvalue weighted by atomic mass is 16.2. The number of carbonyl (C=O) groups excluding carboxylic acids is 2. The lowest BCUT2D eigenvalue weighted by Gasteiger charge is -2.24. The van der Waals surface area contributed by atoms with Crippen LogP contribution in [0.3, 0.4) is 0 Å². The lowest BCUT2D eigenvalue weighted by atomic mass is 9.93. The van der Waals surface area contributed by atoms with Crippen LogP contribution in [0.2, 0.25) is 0 Å². The Kier molecular flexibility index (Phi) is 7.07. The molecule has 2 atom stereocenters. The number of anilines is 1. The van der Waals surface area contributed by atoms with Crippen LogP contribution in [0.25, 0.3) is 11.0 Å². The van der Waals surface area contributed by atoms with Gasteiger partial charge in [0.05, 0.1) is 22.9 Å². The van der Waals surface area contributed by atoms with Crippen LogP contribution in [-0.2, 0) is 0 Å². The van der Waals surface area contributed by atoms with Crippen molar-refractivity contribution in [1.29, 1.82) is 0 Å². The number of aromatic nitrogens is 2. The zero-order chi connectivity index (χ0) is 25.2. The zero-order valence-corrected chi connectivity index (χ0v) is 21.3. The minimum atomic E-state index is -0.207. The average molecular weight is 489 g/mol. The smallest absolute Gasteiger partial charge is 0.255 e. The van der Waals surface area contributed by atoms with Crippen molar-refractivity contribution in [1.82, 2.24) is 25.3 Å². The summed E-state index contributed by atoms with van der Waals surface area (Å²) in [6.07, 6.45) is 7.34. The minimum absolute atomic E-state index is 0.0465. The van der Waals surface area contributed by atoms with Crippen molar-refractivity contribution in [2.24, 2.45) is 5.92 Å². The largest absolute Gasteiger partial charge is 0.342 e. The lowest BCUT2D eigenvalue weighted by Crippen LogP contribution is -2.33. The average Bonchev–Trinajstić information content (AvgIpc) is 3.63. The Balaban J connectivity index is 1.45. The van der Waals surface area contributed by atoms with Crippen molar-refractivity contribution < 1.29 is 9.59 Å². The van der Waals surface area contributed by atoms with Gasteiger partial charge in [0.1, 0.15) is 0 Å². The monoisotopic (exact) mass is 488 g/mol. The van der Waals surface area contributed by atoms with Crippen LogP contribution < -0.4 is 16.2 Å². The Labute approximate surface area is 212 Å². The first-order chi connectivity index (χ1) is 17.4. The number of fused-ring (bicyclic) bond motifs is 1. The topological polar surface area (TPSA) is 91.3 Å². The predicted octanol–water partition coefficient (Wildman–Crippen LogP) is 4.37. The van der Waals surface area contributed by atoms with Crippen molar-refractivity contribution in [2.75, 3.05) is 18.9 Å². The molecule has 1 aliphatic carbocycles. The molecule has 2 amide bonds. The van der Waals surface area contributed by atoms with Gasteiger partial charge in [-0.2, -0.15) is 0 Å². The summed E-state index contributed by atoms with van der Waals surface area (Å²) in [6.45, 7) is 5.00. The molecule has 190 valence electrons. The molecule has 0 bridgehead atoms. The molecule has 1 saturated carbocycles. The molecule has 1 aromatic heterocycles. The number of imidazole rings is 1. The van der Waals surface area contributed by atoms with E-state index in [-0.39, 0.29) is 11.8 Å². The number of nitrogens with zero attached hydrogens (tertiary/aromatic N) is 3. The van der Waals surface area contributed by atoms with Gasteiger partial charge in [0.2, 0.25) is 0 Å². The Hall–Kier alpha value is -3.23. The molecule has 0 spiro atoms. The van der Waals surface area contributed by atoms with E-state index in [9.17, 15) is 9.59 Å². The molecule has 2 unspecified atom stereocenters. The van der Waals surface area contributed by atoms with Gasteiger partial charge >= 0.3 is 0 Å².